The second-order valence-electron chi connectivity index (χ2n) is 14.1. The summed E-state index contributed by atoms with van der Waals surface area (Å²) in [7, 11) is 3.45. The highest BCUT2D eigenvalue weighted by Crippen LogP contribution is 2.42. The first-order chi connectivity index (χ1) is 25.1. The smallest absolute Gasteiger partial charge is 0.291 e. The predicted octanol–water partition coefficient (Wildman–Crippen LogP) is 6.27. The molecule has 2 saturated heterocycles. The van der Waals surface area contributed by atoms with Crippen LogP contribution in [-0.4, -0.2) is 99.1 Å². The zero-order valence-corrected chi connectivity index (χ0v) is 31.2. The van der Waals surface area contributed by atoms with Crippen molar-refractivity contribution in [1.82, 2.24) is 34.2 Å². The van der Waals surface area contributed by atoms with Gasteiger partial charge in [0.25, 0.3) is 5.91 Å². The van der Waals surface area contributed by atoms with E-state index in [0.717, 1.165) is 68.9 Å². The van der Waals surface area contributed by atoms with E-state index in [1.807, 2.05) is 28.6 Å². The van der Waals surface area contributed by atoms with Crippen LogP contribution in [0.3, 0.4) is 0 Å². The van der Waals surface area contributed by atoms with E-state index in [-0.39, 0.29) is 34.8 Å². The number of benzene rings is 1. The van der Waals surface area contributed by atoms with E-state index in [2.05, 4.69) is 25.1 Å². The first-order valence-corrected chi connectivity index (χ1v) is 18.4. The van der Waals surface area contributed by atoms with Gasteiger partial charge in [-0.3, -0.25) is 28.8 Å². The van der Waals surface area contributed by atoms with Crippen molar-refractivity contribution < 1.29 is 18.7 Å². The van der Waals surface area contributed by atoms with E-state index < -0.39 is 0 Å². The predicted molar refractivity (Wildman–Crippen MR) is 199 cm³/mol. The number of nitrogens with zero attached hydrogens (tertiary/aromatic N) is 7. The third-order valence-corrected chi connectivity index (χ3v) is 11.5. The van der Waals surface area contributed by atoms with E-state index >= 15 is 0 Å². The second-order valence-corrected chi connectivity index (χ2v) is 14.9. The summed E-state index contributed by atoms with van der Waals surface area (Å²) in [6, 6.07) is 11.1. The number of carbonyl (C=O) groups is 2. The third kappa shape index (κ3) is 7.13. The third-order valence-electron chi connectivity index (χ3n) is 10.7. The van der Waals surface area contributed by atoms with Gasteiger partial charge in [-0.1, -0.05) is 41.4 Å². The van der Waals surface area contributed by atoms with E-state index in [0.29, 0.717) is 65.2 Å². The van der Waals surface area contributed by atoms with Gasteiger partial charge in [0.05, 0.1) is 46.6 Å². The molecular weight excluding hydrogens is 706 g/mol. The Bertz CT molecular complexity index is 2010. The minimum Gasteiger partial charge on any atom is -0.481 e. The molecule has 1 spiro atoms. The zero-order valence-electron chi connectivity index (χ0n) is 29.7. The maximum absolute atomic E-state index is 13.5. The fourth-order valence-electron chi connectivity index (χ4n) is 7.94. The summed E-state index contributed by atoms with van der Waals surface area (Å²) in [6.07, 6.45) is 4.98. The molecule has 0 saturated carbocycles. The maximum atomic E-state index is 13.5. The maximum Gasteiger partial charge on any atom is 0.291 e. The van der Waals surface area contributed by atoms with Crippen LogP contribution in [0, 0.1) is 5.41 Å². The van der Waals surface area contributed by atoms with Gasteiger partial charge in [0.1, 0.15) is 0 Å². The Morgan fingerprint density at radius 2 is 1.83 bits per heavy atom. The monoisotopic (exact) mass is 748 g/mol. The summed E-state index contributed by atoms with van der Waals surface area (Å²) in [5.41, 5.74) is 5.66. The number of methoxy groups -OCH3 is 1. The summed E-state index contributed by atoms with van der Waals surface area (Å²) < 4.78 is 20.3. The average molecular weight is 750 g/mol. The lowest BCUT2D eigenvalue weighted by molar-refractivity contribution is -0.128. The lowest BCUT2D eigenvalue weighted by Crippen LogP contribution is -2.32. The fourth-order valence-corrected chi connectivity index (χ4v) is 8.51. The fraction of sp³-hybridized carbons (Fsp3) is 0.447. The van der Waals surface area contributed by atoms with Crippen molar-refractivity contribution in [3.05, 3.63) is 75.4 Å². The summed E-state index contributed by atoms with van der Waals surface area (Å²) in [4.78, 5) is 46.1. The molecule has 7 rings (SSSR count). The number of pyridine rings is 2. The van der Waals surface area contributed by atoms with Crippen molar-refractivity contribution in [2.24, 2.45) is 12.5 Å². The van der Waals surface area contributed by atoms with Crippen LogP contribution < -0.4 is 10.1 Å². The van der Waals surface area contributed by atoms with Crippen LogP contribution in [-0.2, 0) is 31.4 Å². The minimum atomic E-state index is -0.388. The van der Waals surface area contributed by atoms with Crippen LogP contribution in [0.2, 0.25) is 10.0 Å². The minimum absolute atomic E-state index is 0.149. The van der Waals surface area contributed by atoms with Crippen LogP contribution in [0.15, 0.2) is 42.6 Å². The van der Waals surface area contributed by atoms with Crippen LogP contribution >= 0.6 is 23.2 Å². The van der Waals surface area contributed by atoms with Crippen molar-refractivity contribution in [1.29, 1.82) is 0 Å². The number of hydrogen-bond donors (Lipinski definition) is 1. The Morgan fingerprint density at radius 1 is 1.00 bits per heavy atom. The van der Waals surface area contributed by atoms with Gasteiger partial charge in [0, 0.05) is 100 Å². The van der Waals surface area contributed by atoms with E-state index in [1.165, 1.54) is 0 Å². The number of aromatic nitrogens is 4. The molecule has 274 valence electrons. The number of hydrogen-bond acceptors (Lipinski definition) is 8. The van der Waals surface area contributed by atoms with Crippen LogP contribution in [0.25, 0.3) is 22.5 Å². The van der Waals surface area contributed by atoms with E-state index in [1.54, 1.807) is 44.5 Å². The summed E-state index contributed by atoms with van der Waals surface area (Å²) in [6.45, 7) is 7.58. The summed E-state index contributed by atoms with van der Waals surface area (Å²) in [5, 5.41) is 3.58. The van der Waals surface area contributed by atoms with Gasteiger partial charge in [-0.05, 0) is 44.0 Å². The Balaban J connectivity index is 1.08. The van der Waals surface area contributed by atoms with Gasteiger partial charge in [-0.15, -0.1) is 0 Å². The highest BCUT2D eigenvalue weighted by Gasteiger charge is 2.44. The number of rotatable bonds is 10. The number of carbonyl (C=O) groups excluding carboxylic acids is 2. The molecule has 2 amide bonds. The number of halogens is 3. The SMILES string of the molecule is COc1nc(-c2ccnc(-c3cccc(NC(=O)c4nc5c(n4C)CCN(CCCF)C5)c3Cl)c2Cl)ccc1CN1CC[C@]2(CCN(C(C)=O)C2)C1. The number of amides is 2. The zero-order chi connectivity index (χ0) is 36.6. The van der Waals surface area contributed by atoms with Crippen LogP contribution in [0.1, 0.15) is 53.8 Å². The molecule has 6 heterocycles. The number of anilines is 1. The van der Waals surface area contributed by atoms with Crippen LogP contribution in [0.5, 0.6) is 5.88 Å². The highest BCUT2D eigenvalue weighted by molar-refractivity contribution is 6.39. The topological polar surface area (TPSA) is 109 Å². The Labute approximate surface area is 313 Å². The molecular formula is C38H43Cl2FN8O3. The Morgan fingerprint density at radius 3 is 2.60 bits per heavy atom. The second kappa shape index (κ2) is 15.1. The molecule has 1 N–H and O–H groups in total. The normalized spacial score (nSPS) is 19.0. The molecule has 0 unspecified atom stereocenters. The molecule has 3 aromatic heterocycles. The molecule has 1 atom stereocenters. The highest BCUT2D eigenvalue weighted by atomic mass is 35.5. The lowest BCUT2D eigenvalue weighted by Gasteiger charge is -2.26. The van der Waals surface area contributed by atoms with Crippen molar-refractivity contribution >= 4 is 40.7 Å². The summed E-state index contributed by atoms with van der Waals surface area (Å²) >= 11 is 14.0. The van der Waals surface area contributed by atoms with Gasteiger partial charge < -0.3 is 19.5 Å². The van der Waals surface area contributed by atoms with Gasteiger partial charge in [0.15, 0.2) is 5.82 Å². The molecule has 3 aliphatic rings. The number of imidazole rings is 1. The summed E-state index contributed by atoms with van der Waals surface area (Å²) in [5.74, 6) is 0.565. The molecule has 0 aliphatic carbocycles. The first kappa shape index (κ1) is 36.3. The molecule has 1 aromatic carbocycles. The Hall–Kier alpha value is -4.10. The molecule has 52 heavy (non-hydrogen) atoms. The molecule has 2 fully saturated rings. The number of nitrogens with one attached hydrogen (secondary N) is 1. The van der Waals surface area contributed by atoms with Gasteiger partial charge in [-0.2, -0.15) is 0 Å². The van der Waals surface area contributed by atoms with Crippen molar-refractivity contribution in [3.63, 3.8) is 0 Å². The molecule has 3 aliphatic heterocycles. The average Bonchev–Trinajstić information content (AvgIpc) is 3.85. The number of ether oxygens (including phenoxy) is 1. The Kier molecular flexibility index (Phi) is 10.5. The number of alkyl halides is 1. The largest absolute Gasteiger partial charge is 0.481 e. The first-order valence-electron chi connectivity index (χ1n) is 17.7. The molecule has 0 bridgehead atoms. The molecule has 0 radical (unpaired) electrons. The lowest BCUT2D eigenvalue weighted by atomic mass is 9.86. The van der Waals surface area contributed by atoms with Gasteiger partial charge >= 0.3 is 0 Å². The molecule has 11 nitrogen and oxygen atoms in total. The molecule has 4 aromatic rings. The van der Waals surface area contributed by atoms with Gasteiger partial charge in [-0.25, -0.2) is 9.97 Å². The van der Waals surface area contributed by atoms with Crippen molar-refractivity contribution in [3.8, 4) is 28.4 Å². The number of likely N-dealkylation sites (tertiary alicyclic amines) is 2. The molecule has 14 heteroatoms. The number of fused-ring (bicyclic) bond motifs is 1. The van der Waals surface area contributed by atoms with Crippen molar-refractivity contribution in [2.75, 3.05) is 58.4 Å². The standard InChI is InChI=1S/C38H43Cl2FN8O3/c1-24(50)49-19-13-38(23-49)12-18-48(22-38)20-25-8-9-28(45-37(25)52-3)26-10-15-42-34(33(26)40)27-6-4-7-29(32(27)39)44-36(51)35-43-30-21-47(16-5-14-41)17-11-31(30)46(35)2/h4,6-10,15H,5,11-14,16-23H2,1-3H3,(H,44,51)/t38-/m0/s1. The van der Waals surface area contributed by atoms with E-state index in [4.69, 9.17) is 32.9 Å². The van der Waals surface area contributed by atoms with Gasteiger partial charge in [0.2, 0.25) is 11.8 Å². The van der Waals surface area contributed by atoms with Crippen LogP contribution in [0.4, 0.5) is 10.1 Å². The van der Waals surface area contributed by atoms with Crippen molar-refractivity contribution in [2.45, 2.75) is 45.7 Å². The quantitative estimate of drug-likeness (QED) is 0.202. The van der Waals surface area contributed by atoms with E-state index in [9.17, 15) is 14.0 Å².